The molecule has 0 aliphatic rings. The van der Waals surface area contributed by atoms with Crippen LogP contribution in [0.1, 0.15) is 17.3 Å². The molecule has 2 rings (SSSR count). The summed E-state index contributed by atoms with van der Waals surface area (Å²) in [6, 6.07) is 7.72. The Kier molecular flexibility index (Phi) is 4.37. The van der Waals surface area contributed by atoms with Crippen molar-refractivity contribution in [2.45, 2.75) is 6.92 Å². The summed E-state index contributed by atoms with van der Waals surface area (Å²) in [5, 5.41) is 12.1. The van der Waals surface area contributed by atoms with Crippen LogP contribution in [0.25, 0.3) is 0 Å². The number of benzene rings is 1. The number of aromatic nitrogens is 2. The lowest BCUT2D eigenvalue weighted by molar-refractivity contribution is 0.102. The summed E-state index contributed by atoms with van der Waals surface area (Å²) in [5.41, 5.74) is 0.755. The van der Waals surface area contributed by atoms with Gasteiger partial charge in [0, 0.05) is 23.3 Å². The van der Waals surface area contributed by atoms with Crippen LogP contribution in [-0.2, 0) is 0 Å². The third kappa shape index (κ3) is 3.36. The largest absolute Gasteiger partial charge is 0.385 e. The number of halogens is 1. The van der Waals surface area contributed by atoms with Crippen LogP contribution in [0.2, 0.25) is 5.02 Å². The number of amides is 1. The maximum atomic E-state index is 12.2. The van der Waals surface area contributed by atoms with Gasteiger partial charge in [0.1, 0.15) is 0 Å². The zero-order chi connectivity index (χ0) is 14.5. The van der Waals surface area contributed by atoms with Crippen molar-refractivity contribution in [3.8, 4) is 0 Å². The Bertz CT molecular complexity index is 664. The fraction of sp³-hybridized carbons (Fsp3) is 0.154. The molecular formula is C13H13ClN4O2. The summed E-state index contributed by atoms with van der Waals surface area (Å²) in [6.07, 6.45) is 0. The van der Waals surface area contributed by atoms with E-state index in [1.165, 1.54) is 12.1 Å². The van der Waals surface area contributed by atoms with Crippen LogP contribution in [0.5, 0.6) is 0 Å². The van der Waals surface area contributed by atoms with Crippen LogP contribution in [0.3, 0.4) is 0 Å². The molecule has 0 aliphatic heterocycles. The highest BCUT2D eigenvalue weighted by molar-refractivity contribution is 6.31. The van der Waals surface area contributed by atoms with Gasteiger partial charge in [0.05, 0.1) is 5.56 Å². The van der Waals surface area contributed by atoms with E-state index in [-0.39, 0.29) is 17.3 Å². The number of hydrogen-bond donors (Lipinski definition) is 3. The summed E-state index contributed by atoms with van der Waals surface area (Å²) in [4.78, 5) is 23.1. The first-order chi connectivity index (χ1) is 9.60. The molecule has 1 aromatic heterocycles. The summed E-state index contributed by atoms with van der Waals surface area (Å²) in [5.74, 6) is -0.0972. The monoisotopic (exact) mass is 292 g/mol. The van der Waals surface area contributed by atoms with Crippen molar-refractivity contribution in [1.82, 2.24) is 10.2 Å². The number of carbonyl (C=O) groups excluding carboxylic acids is 1. The number of anilines is 2. The maximum Gasteiger partial charge on any atom is 0.264 e. The molecule has 3 N–H and O–H groups in total. The molecule has 1 amide bonds. The second-order valence-corrected chi connectivity index (χ2v) is 4.42. The molecule has 2 aromatic rings. The van der Waals surface area contributed by atoms with E-state index in [2.05, 4.69) is 20.8 Å². The fourth-order valence-corrected chi connectivity index (χ4v) is 1.82. The summed E-state index contributed by atoms with van der Waals surface area (Å²) >= 11 is 5.91. The Morgan fingerprint density at radius 2 is 2.15 bits per heavy atom. The second kappa shape index (κ2) is 6.21. The number of nitrogens with zero attached hydrogens (tertiary/aromatic N) is 1. The zero-order valence-electron chi connectivity index (χ0n) is 10.7. The molecule has 0 unspecified atom stereocenters. The topological polar surface area (TPSA) is 86.9 Å². The Morgan fingerprint density at radius 3 is 2.80 bits per heavy atom. The number of hydrogen-bond acceptors (Lipinski definition) is 4. The molecule has 1 heterocycles. The van der Waals surface area contributed by atoms with Gasteiger partial charge in [0.15, 0.2) is 5.82 Å². The normalized spacial score (nSPS) is 10.1. The van der Waals surface area contributed by atoms with Gasteiger partial charge in [-0.05, 0) is 31.2 Å². The van der Waals surface area contributed by atoms with Gasteiger partial charge in [-0.2, -0.15) is 5.10 Å². The average Bonchev–Trinajstić information content (AvgIpc) is 2.43. The number of aromatic amines is 1. The Hall–Kier alpha value is -2.34. The molecule has 20 heavy (non-hydrogen) atoms. The molecule has 0 saturated heterocycles. The van der Waals surface area contributed by atoms with Crippen LogP contribution >= 0.6 is 11.6 Å². The van der Waals surface area contributed by atoms with Crippen molar-refractivity contribution in [2.75, 3.05) is 17.2 Å². The lowest BCUT2D eigenvalue weighted by atomic mass is 10.1. The van der Waals surface area contributed by atoms with Gasteiger partial charge in [0.2, 0.25) is 0 Å². The quantitative estimate of drug-likeness (QED) is 0.805. The number of H-pyrrole nitrogens is 1. The SMILES string of the molecule is CCNc1ccc(Cl)cc1C(=O)Nc1ccc(=O)[nH]n1. The Labute approximate surface area is 120 Å². The van der Waals surface area contributed by atoms with Gasteiger partial charge in [-0.1, -0.05) is 11.6 Å². The molecule has 0 aliphatic carbocycles. The van der Waals surface area contributed by atoms with E-state index < -0.39 is 0 Å². The van der Waals surface area contributed by atoms with Gasteiger partial charge >= 0.3 is 0 Å². The number of rotatable bonds is 4. The lowest BCUT2D eigenvalue weighted by Gasteiger charge is -2.11. The first kappa shape index (κ1) is 14.1. The highest BCUT2D eigenvalue weighted by Gasteiger charge is 2.12. The van der Waals surface area contributed by atoms with Crippen molar-refractivity contribution in [2.24, 2.45) is 0 Å². The van der Waals surface area contributed by atoms with Crippen LogP contribution in [0.15, 0.2) is 35.1 Å². The molecule has 104 valence electrons. The Balaban J connectivity index is 2.26. The molecule has 0 spiro atoms. The molecule has 6 nitrogen and oxygen atoms in total. The molecule has 0 fully saturated rings. The Morgan fingerprint density at radius 1 is 1.35 bits per heavy atom. The van der Waals surface area contributed by atoms with Gasteiger partial charge < -0.3 is 10.6 Å². The zero-order valence-corrected chi connectivity index (χ0v) is 11.5. The van der Waals surface area contributed by atoms with E-state index in [1.54, 1.807) is 18.2 Å². The number of nitrogens with one attached hydrogen (secondary N) is 3. The van der Waals surface area contributed by atoms with Crippen LogP contribution < -0.4 is 16.2 Å². The minimum atomic E-state index is -0.358. The van der Waals surface area contributed by atoms with E-state index in [9.17, 15) is 9.59 Å². The van der Waals surface area contributed by atoms with Crippen molar-refractivity contribution < 1.29 is 4.79 Å². The van der Waals surface area contributed by atoms with Gasteiger partial charge in [0.25, 0.3) is 11.5 Å². The van der Waals surface area contributed by atoms with Gasteiger partial charge in [-0.15, -0.1) is 0 Å². The van der Waals surface area contributed by atoms with Gasteiger partial charge in [-0.3, -0.25) is 9.59 Å². The summed E-state index contributed by atoms with van der Waals surface area (Å²) < 4.78 is 0. The van der Waals surface area contributed by atoms with E-state index >= 15 is 0 Å². The van der Waals surface area contributed by atoms with E-state index in [0.29, 0.717) is 22.8 Å². The second-order valence-electron chi connectivity index (χ2n) is 3.98. The standard InChI is InChI=1S/C13H13ClN4O2/c1-2-15-10-4-3-8(14)7-9(10)13(20)16-11-5-6-12(19)18-17-11/h3-7,15H,2H2,1H3,(H,18,19)(H,16,17,20). The van der Waals surface area contributed by atoms with Crippen LogP contribution in [-0.4, -0.2) is 22.6 Å². The fourth-order valence-electron chi connectivity index (χ4n) is 1.65. The van der Waals surface area contributed by atoms with Crippen LogP contribution in [0.4, 0.5) is 11.5 Å². The molecule has 0 atom stereocenters. The molecule has 0 radical (unpaired) electrons. The van der Waals surface area contributed by atoms with E-state index in [0.717, 1.165) is 0 Å². The summed E-state index contributed by atoms with van der Waals surface area (Å²) in [6.45, 7) is 2.61. The molecule has 0 bridgehead atoms. The summed E-state index contributed by atoms with van der Waals surface area (Å²) in [7, 11) is 0. The van der Waals surface area contributed by atoms with Crippen molar-refractivity contribution in [3.63, 3.8) is 0 Å². The van der Waals surface area contributed by atoms with Crippen LogP contribution in [0, 0.1) is 0 Å². The van der Waals surface area contributed by atoms with Crippen molar-refractivity contribution in [3.05, 3.63) is 51.3 Å². The molecule has 0 saturated carbocycles. The first-order valence-corrected chi connectivity index (χ1v) is 6.38. The highest BCUT2D eigenvalue weighted by atomic mass is 35.5. The van der Waals surface area contributed by atoms with E-state index in [1.807, 2.05) is 6.92 Å². The molecule has 1 aromatic carbocycles. The number of carbonyl (C=O) groups is 1. The third-order valence-corrected chi connectivity index (χ3v) is 2.75. The predicted molar refractivity (Wildman–Crippen MR) is 78.4 cm³/mol. The third-order valence-electron chi connectivity index (χ3n) is 2.51. The minimum absolute atomic E-state index is 0.261. The minimum Gasteiger partial charge on any atom is -0.385 e. The predicted octanol–water partition coefficient (Wildman–Crippen LogP) is 2.11. The first-order valence-electron chi connectivity index (χ1n) is 6.00. The van der Waals surface area contributed by atoms with Crippen molar-refractivity contribution in [1.29, 1.82) is 0 Å². The lowest BCUT2D eigenvalue weighted by Crippen LogP contribution is -2.17. The van der Waals surface area contributed by atoms with E-state index in [4.69, 9.17) is 11.6 Å². The smallest absolute Gasteiger partial charge is 0.264 e. The highest BCUT2D eigenvalue weighted by Crippen LogP contribution is 2.21. The molecule has 7 heteroatoms. The average molecular weight is 293 g/mol. The van der Waals surface area contributed by atoms with Crippen molar-refractivity contribution >= 4 is 29.0 Å². The molecular weight excluding hydrogens is 280 g/mol. The van der Waals surface area contributed by atoms with Gasteiger partial charge in [-0.25, -0.2) is 5.10 Å². The maximum absolute atomic E-state index is 12.2.